The highest BCUT2D eigenvalue weighted by Gasteiger charge is 2.42. The highest BCUT2D eigenvalue weighted by Crippen LogP contribution is 2.51. The molecule has 1 aliphatic rings. The fourth-order valence-corrected chi connectivity index (χ4v) is 2.51. The third kappa shape index (κ3) is 2.11. The minimum Gasteiger partial charge on any atom is -0.508 e. The summed E-state index contributed by atoms with van der Waals surface area (Å²) < 4.78 is 0. The first kappa shape index (κ1) is 12.4. The lowest BCUT2D eigenvalue weighted by atomic mass is 9.58. The van der Waals surface area contributed by atoms with Crippen LogP contribution in [0.1, 0.15) is 53.9 Å². The molecule has 0 spiro atoms. The van der Waals surface area contributed by atoms with Crippen LogP contribution in [-0.2, 0) is 0 Å². The fraction of sp³-hybridized carbons (Fsp3) is 0.714. The van der Waals surface area contributed by atoms with Crippen molar-refractivity contribution in [1.82, 2.24) is 0 Å². The van der Waals surface area contributed by atoms with Gasteiger partial charge >= 0.3 is 0 Å². The maximum Gasteiger partial charge on any atom is 0.112 e. The van der Waals surface area contributed by atoms with Gasteiger partial charge in [-0.2, -0.15) is 0 Å². The molecule has 1 atom stereocenters. The Labute approximate surface area is 93.9 Å². The van der Waals surface area contributed by atoms with E-state index in [0.29, 0.717) is 5.76 Å². The van der Waals surface area contributed by atoms with Crippen LogP contribution in [0.3, 0.4) is 0 Å². The average molecular weight is 208 g/mol. The van der Waals surface area contributed by atoms with Gasteiger partial charge in [-0.3, -0.25) is 0 Å². The molecule has 1 unspecified atom stereocenters. The molecule has 0 amide bonds. The van der Waals surface area contributed by atoms with Gasteiger partial charge < -0.3 is 5.11 Å². The van der Waals surface area contributed by atoms with E-state index in [1.807, 2.05) is 12.2 Å². The van der Waals surface area contributed by atoms with Crippen LogP contribution in [0.5, 0.6) is 0 Å². The van der Waals surface area contributed by atoms with Crippen molar-refractivity contribution in [1.29, 1.82) is 0 Å². The van der Waals surface area contributed by atoms with Gasteiger partial charge in [0.1, 0.15) is 5.76 Å². The first-order valence-electron chi connectivity index (χ1n) is 5.94. The van der Waals surface area contributed by atoms with E-state index in [0.717, 1.165) is 0 Å². The van der Waals surface area contributed by atoms with E-state index in [9.17, 15) is 5.11 Å². The highest BCUT2D eigenvalue weighted by atomic mass is 16.3. The molecule has 1 aliphatic carbocycles. The lowest BCUT2D eigenvalue weighted by Crippen LogP contribution is -2.37. The summed E-state index contributed by atoms with van der Waals surface area (Å²) in [5, 5.41) is 9.66. The van der Waals surface area contributed by atoms with Gasteiger partial charge in [0.25, 0.3) is 0 Å². The molecule has 86 valence electrons. The van der Waals surface area contributed by atoms with E-state index in [2.05, 4.69) is 34.6 Å². The van der Waals surface area contributed by atoms with Crippen molar-refractivity contribution in [3.8, 4) is 0 Å². The lowest BCUT2D eigenvalue weighted by Gasteiger charge is -2.46. The maximum absolute atomic E-state index is 9.66. The van der Waals surface area contributed by atoms with Crippen LogP contribution in [0.2, 0.25) is 0 Å². The number of allylic oxidation sites excluding steroid dienone is 3. The van der Waals surface area contributed by atoms with E-state index in [4.69, 9.17) is 0 Å². The van der Waals surface area contributed by atoms with Crippen LogP contribution in [-0.4, -0.2) is 5.11 Å². The second-order valence-electron chi connectivity index (χ2n) is 5.55. The third-order valence-electron chi connectivity index (χ3n) is 4.20. The standard InChI is InChI=1S/C14H24O/c1-6-7-8-14(5)11(2)9-12(15)10-13(14,3)4/h9-10,15H,6-8H2,1-5H3. The first-order valence-corrected chi connectivity index (χ1v) is 5.94. The normalized spacial score (nSPS) is 29.7. The summed E-state index contributed by atoms with van der Waals surface area (Å²) >= 11 is 0. The molecule has 0 radical (unpaired) electrons. The van der Waals surface area contributed by atoms with Crippen molar-refractivity contribution >= 4 is 0 Å². The molecule has 0 saturated carbocycles. The highest BCUT2D eigenvalue weighted by molar-refractivity contribution is 5.32. The summed E-state index contributed by atoms with van der Waals surface area (Å²) in [4.78, 5) is 0. The van der Waals surface area contributed by atoms with Gasteiger partial charge in [-0.15, -0.1) is 0 Å². The molecule has 0 aromatic carbocycles. The second-order valence-corrected chi connectivity index (χ2v) is 5.55. The Morgan fingerprint density at radius 2 is 1.87 bits per heavy atom. The molecule has 0 heterocycles. The molecule has 0 aromatic heterocycles. The molecule has 0 bridgehead atoms. The number of hydrogen-bond acceptors (Lipinski definition) is 1. The molecule has 0 aliphatic heterocycles. The maximum atomic E-state index is 9.66. The van der Waals surface area contributed by atoms with Gasteiger partial charge in [0.05, 0.1) is 0 Å². The molecule has 0 fully saturated rings. The van der Waals surface area contributed by atoms with Crippen molar-refractivity contribution < 1.29 is 5.11 Å². The molecular formula is C14H24O. The summed E-state index contributed by atoms with van der Waals surface area (Å²) in [7, 11) is 0. The predicted octanol–water partition coefficient (Wildman–Crippen LogP) is 4.61. The SMILES string of the molecule is CCCCC1(C)C(C)=CC(O)=CC1(C)C. The largest absolute Gasteiger partial charge is 0.508 e. The first-order chi connectivity index (χ1) is 6.83. The Kier molecular flexibility index (Phi) is 3.32. The van der Waals surface area contributed by atoms with Gasteiger partial charge in [-0.1, -0.05) is 46.1 Å². The van der Waals surface area contributed by atoms with Crippen LogP contribution >= 0.6 is 0 Å². The van der Waals surface area contributed by atoms with E-state index in [1.54, 1.807) is 0 Å². The zero-order chi connectivity index (χ0) is 11.7. The monoisotopic (exact) mass is 208 g/mol. The van der Waals surface area contributed by atoms with Gasteiger partial charge in [0.2, 0.25) is 0 Å². The Morgan fingerprint density at radius 3 is 2.33 bits per heavy atom. The van der Waals surface area contributed by atoms with Gasteiger partial charge in [0, 0.05) is 0 Å². The lowest BCUT2D eigenvalue weighted by molar-refractivity contribution is 0.157. The summed E-state index contributed by atoms with van der Waals surface area (Å²) in [5.74, 6) is 0.423. The van der Waals surface area contributed by atoms with Crippen molar-refractivity contribution in [2.75, 3.05) is 0 Å². The minimum absolute atomic E-state index is 0.0467. The quantitative estimate of drug-likeness (QED) is 0.718. The van der Waals surface area contributed by atoms with E-state index >= 15 is 0 Å². The molecule has 1 heteroatoms. The van der Waals surface area contributed by atoms with Gasteiger partial charge in [0.15, 0.2) is 0 Å². The van der Waals surface area contributed by atoms with Crippen molar-refractivity contribution in [2.45, 2.75) is 53.9 Å². The van der Waals surface area contributed by atoms with E-state index in [-0.39, 0.29) is 10.8 Å². The number of rotatable bonds is 3. The summed E-state index contributed by atoms with van der Waals surface area (Å²) in [6.07, 6.45) is 7.59. The molecule has 0 aromatic rings. The van der Waals surface area contributed by atoms with Crippen molar-refractivity contribution in [3.05, 3.63) is 23.5 Å². The van der Waals surface area contributed by atoms with Crippen LogP contribution in [0, 0.1) is 10.8 Å². The van der Waals surface area contributed by atoms with Crippen LogP contribution in [0.25, 0.3) is 0 Å². The number of unbranched alkanes of at least 4 members (excludes halogenated alkanes) is 1. The Balaban J connectivity index is 3.01. The smallest absolute Gasteiger partial charge is 0.112 e. The van der Waals surface area contributed by atoms with Crippen LogP contribution < -0.4 is 0 Å². The van der Waals surface area contributed by atoms with Crippen LogP contribution in [0.4, 0.5) is 0 Å². The topological polar surface area (TPSA) is 20.2 Å². The van der Waals surface area contributed by atoms with Crippen molar-refractivity contribution in [2.24, 2.45) is 10.8 Å². The van der Waals surface area contributed by atoms with Gasteiger partial charge in [-0.05, 0) is 36.3 Å². The summed E-state index contributed by atoms with van der Waals surface area (Å²) in [5.41, 5.74) is 1.54. The van der Waals surface area contributed by atoms with E-state index in [1.165, 1.54) is 24.8 Å². The molecule has 1 nitrogen and oxygen atoms in total. The second kappa shape index (κ2) is 4.03. The molecule has 15 heavy (non-hydrogen) atoms. The number of hydrogen-bond donors (Lipinski definition) is 1. The Bertz CT molecular complexity index is 296. The number of aliphatic hydroxyl groups excluding tert-OH is 1. The zero-order valence-electron chi connectivity index (χ0n) is 10.7. The molecule has 1 N–H and O–H groups in total. The van der Waals surface area contributed by atoms with E-state index < -0.39 is 0 Å². The molecular weight excluding hydrogens is 184 g/mol. The third-order valence-corrected chi connectivity index (χ3v) is 4.20. The van der Waals surface area contributed by atoms with Crippen molar-refractivity contribution in [3.63, 3.8) is 0 Å². The van der Waals surface area contributed by atoms with Crippen LogP contribution in [0.15, 0.2) is 23.5 Å². The zero-order valence-corrected chi connectivity index (χ0v) is 10.7. The summed E-state index contributed by atoms with van der Waals surface area (Å²) in [6, 6.07) is 0. The summed E-state index contributed by atoms with van der Waals surface area (Å²) in [6.45, 7) is 11.1. The Morgan fingerprint density at radius 1 is 1.27 bits per heavy atom. The minimum atomic E-state index is 0.0467. The average Bonchev–Trinajstić information content (AvgIpc) is 2.10. The Hall–Kier alpha value is -0.720. The molecule has 1 rings (SSSR count). The molecule has 0 saturated heterocycles. The number of aliphatic hydroxyl groups is 1. The fourth-order valence-electron chi connectivity index (χ4n) is 2.51. The van der Waals surface area contributed by atoms with Gasteiger partial charge in [-0.25, -0.2) is 0 Å². The predicted molar refractivity (Wildman–Crippen MR) is 65.9 cm³/mol.